The normalized spacial score (nSPS) is 15.1. The van der Waals surface area contributed by atoms with Crippen LogP contribution in [0, 0.1) is 0 Å². The summed E-state index contributed by atoms with van der Waals surface area (Å²) < 4.78 is 0. The monoisotopic (exact) mass is 358 g/mol. The zero-order valence-corrected chi connectivity index (χ0v) is 15.1. The fraction of sp³-hybridized carbons (Fsp3) is 0.444. The molecule has 1 N–H and O–H groups in total. The smallest absolute Gasteiger partial charge is 0.278 e. The Labute approximate surface area is 151 Å². The van der Waals surface area contributed by atoms with Crippen molar-refractivity contribution in [2.45, 2.75) is 43.3 Å². The van der Waals surface area contributed by atoms with Gasteiger partial charge in [0, 0.05) is 18.7 Å². The van der Waals surface area contributed by atoms with E-state index in [2.05, 4.69) is 15.2 Å². The highest BCUT2D eigenvalue weighted by molar-refractivity contribution is 7.99. The van der Waals surface area contributed by atoms with Gasteiger partial charge >= 0.3 is 0 Å². The number of aromatic amines is 1. The number of thioether (sulfide) groups is 1. The van der Waals surface area contributed by atoms with Crippen molar-refractivity contribution in [1.29, 1.82) is 0 Å². The molecule has 0 aliphatic heterocycles. The molecular formula is C18H22N4O2S. The van der Waals surface area contributed by atoms with Gasteiger partial charge in [0.05, 0.1) is 5.75 Å². The molecule has 1 aromatic heterocycles. The van der Waals surface area contributed by atoms with Crippen LogP contribution in [0.5, 0.6) is 0 Å². The number of rotatable bonds is 5. The van der Waals surface area contributed by atoms with Crippen LogP contribution in [0.2, 0.25) is 0 Å². The molecule has 0 atom stereocenters. The lowest BCUT2D eigenvalue weighted by molar-refractivity contribution is -0.129. The first kappa shape index (κ1) is 17.7. The van der Waals surface area contributed by atoms with Crippen LogP contribution in [0.1, 0.15) is 32.1 Å². The Bertz CT molecular complexity index is 772. The molecule has 0 bridgehead atoms. The highest BCUT2D eigenvalue weighted by atomic mass is 32.2. The summed E-state index contributed by atoms with van der Waals surface area (Å²) >= 11 is 1.22. The predicted octanol–water partition coefficient (Wildman–Crippen LogP) is 2.72. The number of carbonyl (C=O) groups excluding carboxylic acids is 1. The fourth-order valence-electron chi connectivity index (χ4n) is 3.08. The Hall–Kier alpha value is -2.15. The molecule has 0 radical (unpaired) electrons. The minimum absolute atomic E-state index is 0.0617. The number of H-pyrrole nitrogens is 1. The highest BCUT2D eigenvalue weighted by Gasteiger charge is 2.22. The predicted molar refractivity (Wildman–Crippen MR) is 98.5 cm³/mol. The maximum Gasteiger partial charge on any atom is 0.278 e. The van der Waals surface area contributed by atoms with Crippen molar-refractivity contribution in [3.63, 3.8) is 0 Å². The van der Waals surface area contributed by atoms with Gasteiger partial charge in [-0.2, -0.15) is 0 Å². The topological polar surface area (TPSA) is 79.0 Å². The van der Waals surface area contributed by atoms with Gasteiger partial charge in [0.15, 0.2) is 10.9 Å². The van der Waals surface area contributed by atoms with Crippen LogP contribution < -0.4 is 5.56 Å². The van der Waals surface area contributed by atoms with E-state index < -0.39 is 0 Å². The molecule has 7 heteroatoms. The van der Waals surface area contributed by atoms with E-state index in [1.165, 1.54) is 31.0 Å². The summed E-state index contributed by atoms with van der Waals surface area (Å²) in [5.41, 5.74) is 0.716. The zero-order valence-electron chi connectivity index (χ0n) is 14.3. The van der Waals surface area contributed by atoms with Crippen molar-refractivity contribution in [1.82, 2.24) is 20.1 Å². The van der Waals surface area contributed by atoms with Gasteiger partial charge in [0.1, 0.15) is 0 Å². The number of hydrogen-bond acceptors (Lipinski definition) is 5. The second kappa shape index (κ2) is 8.29. The van der Waals surface area contributed by atoms with Gasteiger partial charge in [-0.15, -0.1) is 10.2 Å². The van der Waals surface area contributed by atoms with Crippen LogP contribution in [-0.4, -0.2) is 44.8 Å². The summed E-state index contributed by atoms with van der Waals surface area (Å²) in [5.74, 6) is 0.314. The number of carbonyl (C=O) groups is 1. The lowest BCUT2D eigenvalue weighted by Crippen LogP contribution is -2.39. The lowest BCUT2D eigenvalue weighted by atomic mass is 9.94. The van der Waals surface area contributed by atoms with Gasteiger partial charge in [-0.25, -0.2) is 0 Å². The molecule has 1 aromatic carbocycles. The molecule has 2 aromatic rings. The molecule has 0 spiro atoms. The molecule has 1 heterocycles. The summed E-state index contributed by atoms with van der Waals surface area (Å²) in [6.45, 7) is 0. The molecular weight excluding hydrogens is 336 g/mol. The largest absolute Gasteiger partial charge is 0.342 e. The van der Waals surface area contributed by atoms with Crippen molar-refractivity contribution in [2.75, 3.05) is 12.8 Å². The summed E-state index contributed by atoms with van der Waals surface area (Å²) in [6.07, 6.45) is 5.80. The maximum atomic E-state index is 12.4. The van der Waals surface area contributed by atoms with E-state index in [-0.39, 0.29) is 22.9 Å². The van der Waals surface area contributed by atoms with Crippen LogP contribution in [-0.2, 0) is 4.79 Å². The first-order valence-electron chi connectivity index (χ1n) is 8.56. The van der Waals surface area contributed by atoms with Crippen molar-refractivity contribution in [3.05, 3.63) is 40.7 Å². The third-order valence-corrected chi connectivity index (χ3v) is 5.42. The van der Waals surface area contributed by atoms with E-state index in [9.17, 15) is 9.59 Å². The van der Waals surface area contributed by atoms with Crippen molar-refractivity contribution < 1.29 is 4.79 Å². The second-order valence-corrected chi connectivity index (χ2v) is 7.22. The Morgan fingerprint density at radius 2 is 1.92 bits per heavy atom. The third-order valence-electron chi connectivity index (χ3n) is 4.57. The molecule has 25 heavy (non-hydrogen) atoms. The van der Waals surface area contributed by atoms with E-state index >= 15 is 0 Å². The SMILES string of the molecule is CN(C(=O)CSc1nnc(-c2ccccc2)c(=O)[nH]1)C1CCCCC1. The highest BCUT2D eigenvalue weighted by Crippen LogP contribution is 2.22. The summed E-state index contributed by atoms with van der Waals surface area (Å²) in [4.78, 5) is 29.1. The standard InChI is InChI=1S/C18H22N4O2S/c1-22(14-10-6-3-7-11-14)15(23)12-25-18-19-17(24)16(20-21-18)13-8-4-2-5-9-13/h2,4-5,8-9,14H,3,6-7,10-12H2,1H3,(H,19,21,24). The number of aromatic nitrogens is 3. The molecule has 0 saturated heterocycles. The molecule has 1 fully saturated rings. The number of benzene rings is 1. The minimum atomic E-state index is -0.295. The van der Waals surface area contributed by atoms with E-state index in [1.54, 1.807) is 0 Å². The van der Waals surface area contributed by atoms with Gasteiger partial charge in [-0.3, -0.25) is 14.6 Å². The Kier molecular flexibility index (Phi) is 5.86. The Morgan fingerprint density at radius 1 is 1.20 bits per heavy atom. The summed E-state index contributed by atoms with van der Waals surface area (Å²) in [6, 6.07) is 9.54. The molecule has 1 amide bonds. The number of nitrogens with one attached hydrogen (secondary N) is 1. The van der Waals surface area contributed by atoms with E-state index in [1.807, 2.05) is 42.3 Å². The average molecular weight is 358 g/mol. The second-order valence-electron chi connectivity index (χ2n) is 6.26. The van der Waals surface area contributed by atoms with Crippen LogP contribution >= 0.6 is 11.8 Å². The average Bonchev–Trinajstić information content (AvgIpc) is 2.67. The van der Waals surface area contributed by atoms with E-state index in [0.717, 1.165) is 18.4 Å². The molecule has 132 valence electrons. The third kappa shape index (κ3) is 4.48. The van der Waals surface area contributed by atoms with Crippen molar-refractivity contribution >= 4 is 17.7 Å². The van der Waals surface area contributed by atoms with Gasteiger partial charge in [-0.05, 0) is 12.8 Å². The fourth-order valence-corrected chi connectivity index (χ4v) is 3.80. The van der Waals surface area contributed by atoms with Gasteiger partial charge in [0.2, 0.25) is 5.91 Å². The maximum absolute atomic E-state index is 12.4. The van der Waals surface area contributed by atoms with Crippen LogP contribution in [0.3, 0.4) is 0 Å². The molecule has 1 aliphatic carbocycles. The van der Waals surface area contributed by atoms with Gasteiger partial charge in [0.25, 0.3) is 5.56 Å². The van der Waals surface area contributed by atoms with Crippen molar-refractivity contribution in [2.24, 2.45) is 0 Å². The number of nitrogens with zero attached hydrogens (tertiary/aromatic N) is 3. The number of hydrogen-bond donors (Lipinski definition) is 1. The first-order chi connectivity index (χ1) is 12.1. The van der Waals surface area contributed by atoms with E-state index in [0.29, 0.717) is 11.2 Å². The summed E-state index contributed by atoms with van der Waals surface area (Å²) in [7, 11) is 1.87. The van der Waals surface area contributed by atoms with Crippen LogP contribution in [0.4, 0.5) is 0 Å². The molecule has 1 aliphatic rings. The minimum Gasteiger partial charge on any atom is -0.342 e. The Balaban J connectivity index is 1.61. The van der Waals surface area contributed by atoms with Gasteiger partial charge < -0.3 is 4.90 Å². The lowest BCUT2D eigenvalue weighted by Gasteiger charge is -2.31. The molecule has 3 rings (SSSR count). The zero-order chi connectivity index (χ0) is 17.6. The first-order valence-corrected chi connectivity index (χ1v) is 9.54. The number of amides is 1. The summed E-state index contributed by atoms with van der Waals surface area (Å²) in [5, 5.41) is 8.44. The molecule has 1 saturated carbocycles. The quantitative estimate of drug-likeness (QED) is 0.832. The van der Waals surface area contributed by atoms with Gasteiger partial charge in [-0.1, -0.05) is 61.4 Å². The van der Waals surface area contributed by atoms with Crippen molar-refractivity contribution in [3.8, 4) is 11.3 Å². The van der Waals surface area contributed by atoms with E-state index in [4.69, 9.17) is 0 Å². The van der Waals surface area contributed by atoms with Crippen LogP contribution in [0.15, 0.2) is 40.3 Å². The molecule has 0 unspecified atom stereocenters. The van der Waals surface area contributed by atoms with Crippen LogP contribution in [0.25, 0.3) is 11.3 Å². The Morgan fingerprint density at radius 3 is 2.60 bits per heavy atom. The molecule has 6 nitrogen and oxygen atoms in total.